The number of hydrogen-bond acceptors (Lipinski definition) is 4. The van der Waals surface area contributed by atoms with Crippen LogP contribution < -0.4 is 4.90 Å². The Morgan fingerprint density at radius 1 is 1.33 bits per heavy atom. The summed E-state index contributed by atoms with van der Waals surface area (Å²) < 4.78 is 32.9. The molecule has 2 aromatic rings. The van der Waals surface area contributed by atoms with Gasteiger partial charge in [0.25, 0.3) is 0 Å². The van der Waals surface area contributed by atoms with Gasteiger partial charge < -0.3 is 9.32 Å². The number of amides is 1. The zero-order chi connectivity index (χ0) is 19.6. The van der Waals surface area contributed by atoms with Crippen molar-refractivity contribution >= 4 is 21.6 Å². The van der Waals surface area contributed by atoms with Gasteiger partial charge in [-0.05, 0) is 62.1 Å². The van der Waals surface area contributed by atoms with Gasteiger partial charge in [-0.1, -0.05) is 0 Å². The Bertz CT molecular complexity index is 906. The van der Waals surface area contributed by atoms with Gasteiger partial charge in [0.1, 0.15) is 5.76 Å². The maximum Gasteiger partial charge on any atom is 0.243 e. The molecule has 1 aromatic heterocycles. The first-order chi connectivity index (χ1) is 12.8. The third kappa shape index (κ3) is 4.09. The summed E-state index contributed by atoms with van der Waals surface area (Å²) in [4.78, 5) is 13.8. The van der Waals surface area contributed by atoms with E-state index < -0.39 is 10.0 Å². The molecular weight excluding hydrogens is 364 g/mol. The van der Waals surface area contributed by atoms with Crippen molar-refractivity contribution in [1.29, 1.82) is 0 Å². The Kier molecular flexibility index (Phi) is 5.72. The fourth-order valence-electron chi connectivity index (χ4n) is 3.45. The number of hydrogen-bond donors (Lipinski definition) is 0. The van der Waals surface area contributed by atoms with E-state index in [1.54, 1.807) is 36.4 Å². The van der Waals surface area contributed by atoms with Crippen LogP contribution in [0.15, 0.2) is 45.9 Å². The molecule has 27 heavy (non-hydrogen) atoms. The molecule has 0 unspecified atom stereocenters. The molecule has 0 bridgehead atoms. The Hall–Kier alpha value is -2.12. The van der Waals surface area contributed by atoms with Crippen molar-refractivity contribution in [1.82, 2.24) is 4.31 Å². The van der Waals surface area contributed by atoms with Crippen LogP contribution >= 0.6 is 0 Å². The quantitative estimate of drug-likeness (QED) is 0.759. The van der Waals surface area contributed by atoms with Crippen molar-refractivity contribution in [3.8, 4) is 0 Å². The molecule has 0 saturated heterocycles. The summed E-state index contributed by atoms with van der Waals surface area (Å²) in [5.41, 5.74) is 1.73. The predicted molar refractivity (Wildman–Crippen MR) is 104 cm³/mol. The lowest BCUT2D eigenvalue weighted by molar-refractivity contribution is -0.116. The lowest BCUT2D eigenvalue weighted by atomic mass is 10.0. The van der Waals surface area contributed by atoms with E-state index in [0.29, 0.717) is 19.4 Å². The second-order valence-corrected chi connectivity index (χ2v) is 9.05. The van der Waals surface area contributed by atoms with Gasteiger partial charge in [0, 0.05) is 38.7 Å². The SMILES string of the molecule is CC(=O)N1CCCc2cc(S(=O)(=O)N(C)[C@@H](C)CCc3ccco3)ccc21. The number of sulfonamides is 1. The van der Waals surface area contributed by atoms with Gasteiger partial charge >= 0.3 is 0 Å². The van der Waals surface area contributed by atoms with E-state index >= 15 is 0 Å². The summed E-state index contributed by atoms with van der Waals surface area (Å²) in [7, 11) is -1.99. The van der Waals surface area contributed by atoms with Crippen LogP contribution in [0.4, 0.5) is 5.69 Å². The van der Waals surface area contributed by atoms with Crippen LogP contribution in [0.1, 0.15) is 38.0 Å². The Morgan fingerprint density at radius 3 is 2.78 bits per heavy atom. The van der Waals surface area contributed by atoms with Crippen molar-refractivity contribution in [3.63, 3.8) is 0 Å². The molecule has 0 saturated carbocycles. The van der Waals surface area contributed by atoms with E-state index in [-0.39, 0.29) is 16.8 Å². The first-order valence-corrected chi connectivity index (χ1v) is 10.7. The molecule has 1 amide bonds. The maximum atomic E-state index is 13.1. The summed E-state index contributed by atoms with van der Waals surface area (Å²) in [5, 5.41) is 0. The van der Waals surface area contributed by atoms with E-state index in [1.165, 1.54) is 11.2 Å². The normalized spacial score (nSPS) is 15.6. The fraction of sp³-hybridized carbons (Fsp3) is 0.450. The molecule has 0 spiro atoms. The van der Waals surface area contributed by atoms with E-state index in [0.717, 1.165) is 29.9 Å². The zero-order valence-corrected chi connectivity index (χ0v) is 16.8. The molecule has 0 fully saturated rings. The highest BCUT2D eigenvalue weighted by atomic mass is 32.2. The first-order valence-electron chi connectivity index (χ1n) is 9.22. The monoisotopic (exact) mass is 390 g/mol. The molecule has 1 aliphatic rings. The van der Waals surface area contributed by atoms with Crippen LogP contribution in [-0.4, -0.2) is 38.3 Å². The highest BCUT2D eigenvalue weighted by Crippen LogP contribution is 2.30. The van der Waals surface area contributed by atoms with Gasteiger partial charge in [0.2, 0.25) is 15.9 Å². The van der Waals surface area contributed by atoms with Crippen LogP contribution in [-0.2, 0) is 27.7 Å². The largest absolute Gasteiger partial charge is 0.469 e. The number of nitrogens with zero attached hydrogens (tertiary/aromatic N) is 2. The predicted octanol–water partition coefficient (Wildman–Crippen LogP) is 3.22. The first kappa shape index (κ1) is 19.6. The van der Waals surface area contributed by atoms with Crippen molar-refractivity contribution in [2.75, 3.05) is 18.5 Å². The highest BCUT2D eigenvalue weighted by Gasteiger charge is 2.28. The summed E-state index contributed by atoms with van der Waals surface area (Å²) in [5.74, 6) is 0.834. The number of carbonyl (C=O) groups is 1. The second kappa shape index (κ2) is 7.86. The smallest absolute Gasteiger partial charge is 0.243 e. The molecule has 6 nitrogen and oxygen atoms in total. The Balaban J connectivity index is 1.78. The van der Waals surface area contributed by atoms with E-state index in [2.05, 4.69) is 0 Å². The topological polar surface area (TPSA) is 70.8 Å². The molecule has 0 aliphatic carbocycles. The van der Waals surface area contributed by atoms with Gasteiger partial charge in [0.15, 0.2) is 0 Å². The minimum absolute atomic E-state index is 0.0183. The molecular formula is C20H26N2O4S. The number of benzene rings is 1. The van der Waals surface area contributed by atoms with Crippen molar-refractivity contribution in [2.24, 2.45) is 0 Å². The van der Waals surface area contributed by atoms with E-state index in [1.807, 2.05) is 19.1 Å². The lowest BCUT2D eigenvalue weighted by Gasteiger charge is -2.30. The number of anilines is 1. The van der Waals surface area contributed by atoms with Gasteiger partial charge in [0.05, 0.1) is 11.2 Å². The van der Waals surface area contributed by atoms with E-state index in [9.17, 15) is 13.2 Å². The van der Waals surface area contributed by atoms with Crippen molar-refractivity contribution < 1.29 is 17.6 Å². The molecule has 7 heteroatoms. The van der Waals surface area contributed by atoms with Gasteiger partial charge in [-0.25, -0.2) is 8.42 Å². The Labute approximate surface area is 160 Å². The molecule has 2 heterocycles. The van der Waals surface area contributed by atoms with Gasteiger partial charge in [-0.15, -0.1) is 0 Å². The summed E-state index contributed by atoms with van der Waals surface area (Å²) in [6, 6.07) is 8.64. The number of fused-ring (bicyclic) bond motifs is 1. The third-order valence-corrected chi connectivity index (χ3v) is 7.20. The second-order valence-electron chi connectivity index (χ2n) is 7.05. The fourth-order valence-corrected chi connectivity index (χ4v) is 4.89. The Morgan fingerprint density at radius 2 is 2.11 bits per heavy atom. The maximum absolute atomic E-state index is 13.1. The minimum atomic E-state index is -3.60. The van der Waals surface area contributed by atoms with Crippen LogP contribution in [0.2, 0.25) is 0 Å². The lowest BCUT2D eigenvalue weighted by Crippen LogP contribution is -2.36. The van der Waals surface area contributed by atoms with Crippen LogP contribution in [0.5, 0.6) is 0 Å². The van der Waals surface area contributed by atoms with Crippen molar-refractivity contribution in [3.05, 3.63) is 47.9 Å². The number of rotatable bonds is 6. The number of aryl methyl sites for hydroxylation is 2. The molecule has 0 N–H and O–H groups in total. The average Bonchev–Trinajstić information content (AvgIpc) is 3.17. The standard InChI is InChI=1S/C20H26N2O4S/c1-15(8-9-18-7-5-13-26-18)21(3)27(24,25)19-10-11-20-17(14-19)6-4-12-22(20)16(2)23/h5,7,10-11,13-15H,4,6,8-9,12H2,1-3H3/t15-/m0/s1. The molecule has 1 atom stereocenters. The van der Waals surface area contributed by atoms with Crippen LogP contribution in [0.25, 0.3) is 0 Å². The van der Waals surface area contributed by atoms with Gasteiger partial charge in [-0.2, -0.15) is 4.31 Å². The van der Waals surface area contributed by atoms with Crippen molar-refractivity contribution in [2.45, 2.75) is 50.5 Å². The average molecular weight is 391 g/mol. The summed E-state index contributed by atoms with van der Waals surface area (Å²) in [6.45, 7) is 4.11. The van der Waals surface area contributed by atoms with Crippen LogP contribution in [0, 0.1) is 0 Å². The summed E-state index contributed by atoms with van der Waals surface area (Å²) >= 11 is 0. The molecule has 1 aliphatic heterocycles. The van der Waals surface area contributed by atoms with E-state index in [4.69, 9.17) is 4.42 Å². The molecule has 3 rings (SSSR count). The van der Waals surface area contributed by atoms with Crippen LogP contribution in [0.3, 0.4) is 0 Å². The molecule has 1 aromatic carbocycles. The number of furan rings is 1. The third-order valence-electron chi connectivity index (χ3n) is 5.24. The molecule has 0 radical (unpaired) electrons. The number of carbonyl (C=O) groups excluding carboxylic acids is 1. The zero-order valence-electron chi connectivity index (χ0n) is 16.0. The minimum Gasteiger partial charge on any atom is -0.469 e. The summed E-state index contributed by atoms with van der Waals surface area (Å²) in [6.07, 6.45) is 4.60. The molecule has 146 valence electrons. The highest BCUT2D eigenvalue weighted by molar-refractivity contribution is 7.89. The van der Waals surface area contributed by atoms with Gasteiger partial charge in [-0.3, -0.25) is 4.79 Å².